The van der Waals surface area contributed by atoms with E-state index in [9.17, 15) is 5.11 Å². The van der Waals surface area contributed by atoms with Crippen LogP contribution in [0.3, 0.4) is 0 Å². The molecule has 4 rings (SSSR count). The fourth-order valence-electron chi connectivity index (χ4n) is 3.27. The van der Waals surface area contributed by atoms with Gasteiger partial charge in [-0.2, -0.15) is 0 Å². The number of aliphatic hydroxyl groups excluding tert-OH is 1. The number of aromatic nitrogens is 2. The Bertz CT molecular complexity index is 1020. The first-order valence-corrected chi connectivity index (χ1v) is 9.16. The van der Waals surface area contributed by atoms with Crippen LogP contribution in [0, 0.1) is 0 Å². The van der Waals surface area contributed by atoms with Gasteiger partial charge >= 0.3 is 0 Å². The lowest BCUT2D eigenvalue weighted by Gasteiger charge is -2.14. The molecule has 136 valence electrons. The highest BCUT2D eigenvalue weighted by molar-refractivity contribution is 5.76. The molecule has 4 heteroatoms. The maximum Gasteiger partial charge on any atom is 0.143 e. The highest BCUT2D eigenvalue weighted by atomic mass is 16.5. The number of ether oxygens (including phenoxy) is 1. The van der Waals surface area contributed by atoms with Crippen LogP contribution in [-0.4, -0.2) is 14.7 Å². The zero-order valence-corrected chi connectivity index (χ0v) is 15.2. The van der Waals surface area contributed by atoms with Gasteiger partial charge < -0.3 is 14.4 Å². The first kappa shape index (κ1) is 17.3. The number of hydrogen-bond acceptors (Lipinski definition) is 3. The van der Waals surface area contributed by atoms with Gasteiger partial charge in [-0.05, 0) is 42.3 Å². The van der Waals surface area contributed by atoms with Crippen LogP contribution in [-0.2, 0) is 13.2 Å². The highest BCUT2D eigenvalue weighted by Crippen LogP contribution is 2.27. The lowest BCUT2D eigenvalue weighted by molar-refractivity contribution is 0.205. The lowest BCUT2D eigenvalue weighted by atomic mass is 10.1. The Hall–Kier alpha value is -3.11. The fourth-order valence-corrected chi connectivity index (χ4v) is 3.27. The molecule has 0 amide bonds. The van der Waals surface area contributed by atoms with Crippen molar-refractivity contribution in [3.8, 4) is 5.75 Å². The molecule has 0 fully saturated rings. The van der Waals surface area contributed by atoms with E-state index in [1.807, 2.05) is 78.9 Å². The topological polar surface area (TPSA) is 47.3 Å². The summed E-state index contributed by atoms with van der Waals surface area (Å²) in [4.78, 5) is 4.64. The molecule has 1 atom stereocenters. The van der Waals surface area contributed by atoms with Crippen LogP contribution >= 0.6 is 0 Å². The van der Waals surface area contributed by atoms with Gasteiger partial charge in [0.1, 0.15) is 24.3 Å². The third kappa shape index (κ3) is 3.57. The van der Waals surface area contributed by atoms with Crippen LogP contribution in [0.2, 0.25) is 0 Å². The third-order valence-electron chi connectivity index (χ3n) is 4.69. The van der Waals surface area contributed by atoms with Crippen molar-refractivity contribution >= 4 is 11.0 Å². The van der Waals surface area contributed by atoms with Crippen molar-refractivity contribution in [1.29, 1.82) is 0 Å². The molecule has 3 aromatic carbocycles. The van der Waals surface area contributed by atoms with Gasteiger partial charge in [-0.25, -0.2) is 4.98 Å². The van der Waals surface area contributed by atoms with Gasteiger partial charge in [0, 0.05) is 6.54 Å². The van der Waals surface area contributed by atoms with E-state index in [1.165, 1.54) is 0 Å². The molecule has 1 heterocycles. The maximum absolute atomic E-state index is 10.9. The van der Waals surface area contributed by atoms with E-state index in [0.29, 0.717) is 12.4 Å². The Morgan fingerprint density at radius 1 is 0.926 bits per heavy atom. The van der Waals surface area contributed by atoms with Crippen molar-refractivity contribution in [3.05, 3.63) is 95.8 Å². The van der Waals surface area contributed by atoms with Gasteiger partial charge in [-0.15, -0.1) is 0 Å². The molecule has 27 heavy (non-hydrogen) atoms. The molecule has 4 nitrogen and oxygen atoms in total. The molecule has 0 saturated carbocycles. The predicted molar refractivity (Wildman–Crippen MR) is 107 cm³/mol. The number of aryl methyl sites for hydroxylation is 1. The van der Waals surface area contributed by atoms with Crippen LogP contribution in [0.5, 0.6) is 5.75 Å². The van der Waals surface area contributed by atoms with Gasteiger partial charge in [-0.1, -0.05) is 54.6 Å². The minimum absolute atomic E-state index is 0.522. The van der Waals surface area contributed by atoms with Crippen molar-refractivity contribution in [2.24, 2.45) is 0 Å². The number of aliphatic hydroxyl groups is 1. The molecule has 0 unspecified atom stereocenters. The summed E-state index contributed by atoms with van der Waals surface area (Å²) in [6, 6.07) is 25.6. The molecule has 0 aliphatic rings. The van der Waals surface area contributed by atoms with Crippen LogP contribution < -0.4 is 4.74 Å². The van der Waals surface area contributed by atoms with Gasteiger partial charge in [0.05, 0.1) is 11.0 Å². The van der Waals surface area contributed by atoms with Crippen molar-refractivity contribution < 1.29 is 9.84 Å². The quantitative estimate of drug-likeness (QED) is 0.543. The smallest absolute Gasteiger partial charge is 0.143 e. The molecule has 0 spiro atoms. The lowest BCUT2D eigenvalue weighted by Crippen LogP contribution is -2.09. The van der Waals surface area contributed by atoms with E-state index in [0.717, 1.165) is 34.5 Å². The normalized spacial score (nSPS) is 12.2. The van der Waals surface area contributed by atoms with Crippen LogP contribution in [0.15, 0.2) is 78.9 Å². The minimum atomic E-state index is -0.777. The highest BCUT2D eigenvalue weighted by Gasteiger charge is 2.19. The average molecular weight is 358 g/mol. The summed E-state index contributed by atoms with van der Waals surface area (Å²) < 4.78 is 7.88. The molecule has 0 radical (unpaired) electrons. The summed E-state index contributed by atoms with van der Waals surface area (Å²) in [5, 5.41) is 10.9. The van der Waals surface area contributed by atoms with Crippen molar-refractivity contribution in [1.82, 2.24) is 9.55 Å². The minimum Gasteiger partial charge on any atom is -0.489 e. The number of nitrogens with zero attached hydrogens (tertiary/aromatic N) is 2. The summed E-state index contributed by atoms with van der Waals surface area (Å²) in [5.74, 6) is 1.44. The van der Waals surface area contributed by atoms with Crippen molar-refractivity contribution in [2.75, 3.05) is 0 Å². The van der Waals surface area contributed by atoms with Crippen LogP contribution in [0.1, 0.15) is 30.0 Å². The number of imidazole rings is 1. The van der Waals surface area contributed by atoms with Crippen LogP contribution in [0.25, 0.3) is 11.0 Å². The zero-order chi connectivity index (χ0) is 18.6. The summed E-state index contributed by atoms with van der Waals surface area (Å²) in [6.45, 7) is 3.34. The van der Waals surface area contributed by atoms with E-state index in [-0.39, 0.29) is 0 Å². The zero-order valence-electron chi connectivity index (χ0n) is 15.2. The van der Waals surface area contributed by atoms with E-state index in [1.54, 1.807) is 0 Å². The largest absolute Gasteiger partial charge is 0.489 e. The summed E-state index contributed by atoms with van der Waals surface area (Å²) in [6.07, 6.45) is -0.777. The van der Waals surface area contributed by atoms with E-state index in [2.05, 4.69) is 16.5 Å². The monoisotopic (exact) mass is 358 g/mol. The summed E-state index contributed by atoms with van der Waals surface area (Å²) in [7, 11) is 0. The average Bonchev–Trinajstić information content (AvgIpc) is 3.11. The number of benzene rings is 3. The second kappa shape index (κ2) is 7.64. The second-order valence-corrected chi connectivity index (χ2v) is 6.45. The van der Waals surface area contributed by atoms with Gasteiger partial charge in [0.25, 0.3) is 0 Å². The molecule has 0 aliphatic heterocycles. The van der Waals surface area contributed by atoms with Crippen molar-refractivity contribution in [3.63, 3.8) is 0 Å². The number of para-hydroxylation sites is 2. The molecule has 4 aromatic rings. The van der Waals surface area contributed by atoms with E-state index in [4.69, 9.17) is 4.74 Å². The Balaban J connectivity index is 1.53. The number of rotatable bonds is 6. The summed E-state index contributed by atoms with van der Waals surface area (Å²) >= 11 is 0. The Labute approximate surface area is 158 Å². The van der Waals surface area contributed by atoms with E-state index >= 15 is 0 Å². The molecule has 1 aromatic heterocycles. The SMILES string of the molecule is CCn1c([C@@H](O)c2ccc(OCc3ccccc3)cc2)nc2ccccc21. The number of hydrogen-bond donors (Lipinski definition) is 1. The first-order chi connectivity index (χ1) is 13.3. The Morgan fingerprint density at radius 3 is 2.37 bits per heavy atom. The molecule has 0 saturated heterocycles. The predicted octanol–water partition coefficient (Wildman–Crippen LogP) is 4.72. The van der Waals surface area contributed by atoms with Gasteiger partial charge in [0.15, 0.2) is 0 Å². The second-order valence-electron chi connectivity index (χ2n) is 6.45. The van der Waals surface area contributed by atoms with Gasteiger partial charge in [-0.3, -0.25) is 0 Å². The van der Waals surface area contributed by atoms with Gasteiger partial charge in [0.2, 0.25) is 0 Å². The molecule has 0 bridgehead atoms. The van der Waals surface area contributed by atoms with Crippen molar-refractivity contribution in [2.45, 2.75) is 26.2 Å². The summed E-state index contributed by atoms with van der Waals surface area (Å²) in [5.41, 5.74) is 3.86. The Kier molecular flexibility index (Phi) is 4.90. The van der Waals surface area contributed by atoms with Crippen LogP contribution in [0.4, 0.5) is 0 Å². The Morgan fingerprint density at radius 2 is 1.63 bits per heavy atom. The molecule has 1 N–H and O–H groups in total. The molecular weight excluding hydrogens is 336 g/mol. The molecular formula is C23H22N2O2. The first-order valence-electron chi connectivity index (χ1n) is 9.16. The standard InChI is InChI=1S/C23H22N2O2/c1-2-25-21-11-7-6-10-20(21)24-23(25)22(26)18-12-14-19(15-13-18)27-16-17-8-4-3-5-9-17/h3-15,22,26H,2,16H2,1H3/t22-/m0/s1. The fraction of sp³-hybridized carbons (Fsp3) is 0.174. The third-order valence-corrected chi connectivity index (χ3v) is 4.69. The number of fused-ring (bicyclic) bond motifs is 1. The maximum atomic E-state index is 10.9. The molecule has 0 aliphatic carbocycles. The van der Waals surface area contributed by atoms with E-state index < -0.39 is 6.10 Å².